The molecule has 1 fully saturated rings. The standard InChI is InChI=1S/C10H10O2S2/c11-14(12)5-8-7-3-1-2-4-9(7)13-10(8)6-14/h1-4,8,10H,5-6H2. The van der Waals surface area contributed by atoms with Crippen LogP contribution in [0.3, 0.4) is 0 Å². The zero-order chi connectivity index (χ0) is 9.76. The molecule has 3 rings (SSSR count). The van der Waals surface area contributed by atoms with Crippen LogP contribution in [0.15, 0.2) is 29.2 Å². The zero-order valence-electron chi connectivity index (χ0n) is 7.51. The molecule has 1 saturated heterocycles. The predicted octanol–water partition coefficient (Wildman–Crippen LogP) is 1.67. The van der Waals surface area contributed by atoms with Crippen LogP contribution in [0.1, 0.15) is 11.5 Å². The van der Waals surface area contributed by atoms with E-state index in [0.29, 0.717) is 11.5 Å². The molecule has 74 valence electrons. The van der Waals surface area contributed by atoms with Crippen molar-refractivity contribution in [2.24, 2.45) is 0 Å². The number of hydrogen-bond donors (Lipinski definition) is 0. The lowest BCUT2D eigenvalue weighted by atomic mass is 9.99. The molecule has 2 unspecified atom stereocenters. The Bertz CT molecular complexity index is 479. The molecule has 1 aromatic rings. The van der Waals surface area contributed by atoms with Crippen molar-refractivity contribution >= 4 is 21.6 Å². The number of benzene rings is 1. The second kappa shape index (κ2) is 2.76. The second-order valence-corrected chi connectivity index (χ2v) is 7.31. The smallest absolute Gasteiger partial charge is 0.152 e. The summed E-state index contributed by atoms with van der Waals surface area (Å²) in [6.07, 6.45) is 0. The minimum Gasteiger partial charge on any atom is -0.229 e. The van der Waals surface area contributed by atoms with Crippen molar-refractivity contribution in [1.82, 2.24) is 0 Å². The van der Waals surface area contributed by atoms with Gasteiger partial charge in [-0.1, -0.05) is 18.2 Å². The SMILES string of the molecule is O=S1(=O)CC2Sc3ccccc3C2C1. The van der Waals surface area contributed by atoms with E-state index >= 15 is 0 Å². The fraction of sp³-hybridized carbons (Fsp3) is 0.400. The Labute approximate surface area is 87.6 Å². The fourth-order valence-electron chi connectivity index (χ4n) is 2.28. The monoisotopic (exact) mass is 226 g/mol. The van der Waals surface area contributed by atoms with Crippen molar-refractivity contribution in [1.29, 1.82) is 0 Å². The fourth-order valence-corrected chi connectivity index (χ4v) is 6.37. The number of rotatable bonds is 0. The van der Waals surface area contributed by atoms with Crippen LogP contribution < -0.4 is 0 Å². The third-order valence-corrected chi connectivity index (χ3v) is 6.27. The third-order valence-electron chi connectivity index (χ3n) is 2.90. The van der Waals surface area contributed by atoms with E-state index in [1.165, 1.54) is 10.5 Å². The molecule has 4 heteroatoms. The second-order valence-electron chi connectivity index (χ2n) is 3.88. The molecular formula is C10H10O2S2. The molecule has 2 atom stereocenters. The van der Waals surface area contributed by atoms with E-state index in [9.17, 15) is 8.42 Å². The van der Waals surface area contributed by atoms with E-state index in [1.807, 2.05) is 12.1 Å². The van der Waals surface area contributed by atoms with Crippen LogP contribution >= 0.6 is 11.8 Å². The van der Waals surface area contributed by atoms with Crippen LogP contribution in [-0.4, -0.2) is 25.2 Å². The average Bonchev–Trinajstić information content (AvgIpc) is 2.56. The van der Waals surface area contributed by atoms with E-state index in [2.05, 4.69) is 12.1 Å². The van der Waals surface area contributed by atoms with Gasteiger partial charge in [0, 0.05) is 16.1 Å². The Morgan fingerprint density at radius 2 is 2.00 bits per heavy atom. The highest BCUT2D eigenvalue weighted by molar-refractivity contribution is 8.02. The highest BCUT2D eigenvalue weighted by atomic mass is 32.2. The Balaban J connectivity index is 2.08. The third kappa shape index (κ3) is 1.21. The summed E-state index contributed by atoms with van der Waals surface area (Å²) >= 11 is 1.73. The van der Waals surface area contributed by atoms with Crippen molar-refractivity contribution in [3.63, 3.8) is 0 Å². The molecule has 0 aliphatic carbocycles. The van der Waals surface area contributed by atoms with Gasteiger partial charge < -0.3 is 0 Å². The first-order chi connectivity index (χ1) is 6.66. The molecule has 0 amide bonds. The highest BCUT2D eigenvalue weighted by Crippen LogP contribution is 2.49. The molecule has 0 aromatic heterocycles. The quantitative estimate of drug-likeness (QED) is 0.675. The van der Waals surface area contributed by atoms with Crippen molar-refractivity contribution in [3.8, 4) is 0 Å². The Morgan fingerprint density at radius 3 is 2.86 bits per heavy atom. The molecule has 0 N–H and O–H groups in total. The van der Waals surface area contributed by atoms with Crippen LogP contribution in [0.4, 0.5) is 0 Å². The minimum absolute atomic E-state index is 0.251. The molecule has 1 aromatic carbocycles. The molecule has 0 spiro atoms. The van der Waals surface area contributed by atoms with Gasteiger partial charge >= 0.3 is 0 Å². The zero-order valence-corrected chi connectivity index (χ0v) is 9.14. The first-order valence-electron chi connectivity index (χ1n) is 4.62. The highest BCUT2D eigenvalue weighted by Gasteiger charge is 2.43. The summed E-state index contributed by atoms with van der Waals surface area (Å²) in [7, 11) is -2.77. The maximum atomic E-state index is 11.4. The van der Waals surface area contributed by atoms with Gasteiger partial charge in [0.1, 0.15) is 0 Å². The Morgan fingerprint density at radius 1 is 1.21 bits per heavy atom. The molecule has 2 nitrogen and oxygen atoms in total. The number of thioether (sulfide) groups is 1. The van der Waals surface area contributed by atoms with Gasteiger partial charge in [0.2, 0.25) is 0 Å². The molecule has 14 heavy (non-hydrogen) atoms. The van der Waals surface area contributed by atoms with E-state index in [0.717, 1.165) is 0 Å². The van der Waals surface area contributed by atoms with Crippen LogP contribution in [0.25, 0.3) is 0 Å². The van der Waals surface area contributed by atoms with Crippen molar-refractivity contribution < 1.29 is 8.42 Å². The summed E-state index contributed by atoms with van der Waals surface area (Å²) in [5.74, 6) is 0.958. The summed E-state index contributed by atoms with van der Waals surface area (Å²) in [4.78, 5) is 1.28. The van der Waals surface area contributed by atoms with Gasteiger partial charge in [0.05, 0.1) is 11.5 Å². The topological polar surface area (TPSA) is 34.1 Å². The minimum atomic E-state index is -2.77. The van der Waals surface area contributed by atoms with Gasteiger partial charge in [-0.2, -0.15) is 0 Å². The van der Waals surface area contributed by atoms with Crippen molar-refractivity contribution in [2.45, 2.75) is 16.1 Å². The van der Waals surface area contributed by atoms with Gasteiger partial charge in [0.25, 0.3) is 0 Å². The molecule has 2 heterocycles. The first kappa shape index (κ1) is 8.80. The summed E-state index contributed by atoms with van der Waals surface area (Å²) in [5.41, 5.74) is 1.24. The van der Waals surface area contributed by atoms with Crippen molar-refractivity contribution in [3.05, 3.63) is 29.8 Å². The Hall–Kier alpha value is -0.480. The largest absolute Gasteiger partial charge is 0.229 e. The van der Waals surface area contributed by atoms with E-state index < -0.39 is 9.84 Å². The lowest BCUT2D eigenvalue weighted by Gasteiger charge is -2.04. The lowest BCUT2D eigenvalue weighted by Crippen LogP contribution is -2.05. The summed E-state index contributed by atoms with van der Waals surface area (Å²) in [6, 6.07) is 8.16. The maximum Gasteiger partial charge on any atom is 0.152 e. The Kier molecular flexibility index (Phi) is 1.74. The van der Waals surface area contributed by atoms with E-state index in [1.54, 1.807) is 11.8 Å². The van der Waals surface area contributed by atoms with E-state index in [4.69, 9.17) is 0 Å². The normalized spacial score (nSPS) is 32.6. The molecule has 0 saturated carbocycles. The summed E-state index contributed by atoms with van der Waals surface area (Å²) in [5, 5.41) is 0.275. The molecule has 2 aliphatic rings. The van der Waals surface area contributed by atoms with Crippen LogP contribution in [0.2, 0.25) is 0 Å². The van der Waals surface area contributed by atoms with Crippen LogP contribution in [-0.2, 0) is 9.84 Å². The van der Waals surface area contributed by atoms with Crippen molar-refractivity contribution in [2.75, 3.05) is 11.5 Å². The molecule has 0 bridgehead atoms. The van der Waals surface area contributed by atoms with Gasteiger partial charge in [-0.25, -0.2) is 8.42 Å². The first-order valence-corrected chi connectivity index (χ1v) is 7.32. The number of fused-ring (bicyclic) bond motifs is 3. The van der Waals surface area contributed by atoms with E-state index in [-0.39, 0.29) is 11.2 Å². The summed E-state index contributed by atoms with van der Waals surface area (Å²) in [6.45, 7) is 0. The van der Waals surface area contributed by atoms with Gasteiger partial charge in [-0.05, 0) is 11.6 Å². The lowest BCUT2D eigenvalue weighted by molar-refractivity contribution is 0.601. The molecule has 2 aliphatic heterocycles. The number of sulfone groups is 1. The average molecular weight is 226 g/mol. The maximum absolute atomic E-state index is 11.4. The van der Waals surface area contributed by atoms with Gasteiger partial charge in [-0.15, -0.1) is 11.8 Å². The van der Waals surface area contributed by atoms with Gasteiger partial charge in [-0.3, -0.25) is 0 Å². The van der Waals surface area contributed by atoms with Crippen LogP contribution in [0, 0.1) is 0 Å². The van der Waals surface area contributed by atoms with Crippen LogP contribution in [0.5, 0.6) is 0 Å². The molecular weight excluding hydrogens is 216 g/mol. The number of hydrogen-bond acceptors (Lipinski definition) is 3. The van der Waals surface area contributed by atoms with Gasteiger partial charge in [0.15, 0.2) is 9.84 Å². The molecule has 0 radical (unpaired) electrons. The predicted molar refractivity (Wildman–Crippen MR) is 57.5 cm³/mol. The summed E-state index contributed by atoms with van der Waals surface area (Å²) < 4.78 is 22.9.